The highest BCUT2D eigenvalue weighted by molar-refractivity contribution is 5.26. The van der Waals surface area contributed by atoms with Crippen LogP contribution in [0.5, 0.6) is 0 Å². The first-order valence-corrected chi connectivity index (χ1v) is 6.49. The Hall–Kier alpha value is -1.26. The number of aryl methyl sites for hydroxylation is 1. The molecular formula is C16H23N. The first-order chi connectivity index (χ1) is 8.27. The summed E-state index contributed by atoms with van der Waals surface area (Å²) in [6.45, 7) is 5.44. The monoisotopic (exact) mass is 229 g/mol. The normalized spacial score (nSPS) is 12.1. The van der Waals surface area contributed by atoms with Gasteiger partial charge in [-0.1, -0.05) is 31.2 Å². The van der Waals surface area contributed by atoms with E-state index in [1.165, 1.54) is 17.5 Å². The summed E-state index contributed by atoms with van der Waals surface area (Å²) in [5, 5.41) is 3.58. The lowest BCUT2D eigenvalue weighted by Gasteiger charge is -2.18. The highest BCUT2D eigenvalue weighted by Gasteiger charge is 2.09. The highest BCUT2D eigenvalue weighted by atomic mass is 14.9. The van der Waals surface area contributed by atoms with Gasteiger partial charge in [-0.2, -0.15) is 0 Å². The molecule has 0 radical (unpaired) electrons. The summed E-state index contributed by atoms with van der Waals surface area (Å²) in [7, 11) is 0. The van der Waals surface area contributed by atoms with Crippen LogP contribution in [-0.2, 0) is 6.42 Å². The maximum atomic E-state index is 5.35. The fourth-order valence-corrected chi connectivity index (χ4v) is 1.99. The molecule has 0 saturated carbocycles. The standard InChI is InChI=1S/C16H23N/c1-4-6-11-16(17-12-5-2)13-15-10-8-7-9-14(15)3/h1,7-10,16-17H,5-6,11-13H2,2-3H3. The average molecular weight is 229 g/mol. The summed E-state index contributed by atoms with van der Waals surface area (Å²) in [5.74, 6) is 2.73. The van der Waals surface area contributed by atoms with E-state index in [0.29, 0.717) is 6.04 Å². The molecule has 1 aromatic carbocycles. The minimum absolute atomic E-state index is 0.507. The zero-order chi connectivity index (χ0) is 12.5. The van der Waals surface area contributed by atoms with E-state index < -0.39 is 0 Å². The van der Waals surface area contributed by atoms with Crippen molar-refractivity contribution in [1.82, 2.24) is 5.32 Å². The van der Waals surface area contributed by atoms with E-state index in [4.69, 9.17) is 6.42 Å². The van der Waals surface area contributed by atoms with Gasteiger partial charge in [0, 0.05) is 12.5 Å². The minimum atomic E-state index is 0.507. The summed E-state index contributed by atoms with van der Waals surface area (Å²) in [6, 6.07) is 9.10. The molecule has 0 saturated heterocycles. The molecule has 1 heteroatoms. The highest BCUT2D eigenvalue weighted by Crippen LogP contribution is 2.12. The minimum Gasteiger partial charge on any atom is -0.314 e. The Labute approximate surface area is 106 Å². The molecule has 0 aliphatic heterocycles. The Morgan fingerprint density at radius 1 is 1.35 bits per heavy atom. The van der Waals surface area contributed by atoms with E-state index in [9.17, 15) is 0 Å². The quantitative estimate of drug-likeness (QED) is 0.707. The predicted octanol–water partition coefficient (Wildman–Crippen LogP) is 3.32. The van der Waals surface area contributed by atoms with Crippen LogP contribution < -0.4 is 5.32 Å². The molecule has 0 aliphatic rings. The number of rotatable bonds is 7. The Morgan fingerprint density at radius 3 is 2.76 bits per heavy atom. The number of hydrogen-bond acceptors (Lipinski definition) is 1. The molecule has 1 aromatic rings. The number of terminal acetylenes is 1. The van der Waals surface area contributed by atoms with Crippen molar-refractivity contribution in [3.05, 3.63) is 35.4 Å². The van der Waals surface area contributed by atoms with Crippen LogP contribution in [0.3, 0.4) is 0 Å². The first kappa shape index (κ1) is 13.8. The SMILES string of the molecule is C#CCCC(Cc1ccccc1C)NCCC. The molecule has 0 aromatic heterocycles. The van der Waals surface area contributed by atoms with E-state index >= 15 is 0 Å². The van der Waals surface area contributed by atoms with Gasteiger partial charge in [0.25, 0.3) is 0 Å². The Bertz CT molecular complexity index is 362. The van der Waals surface area contributed by atoms with E-state index in [0.717, 1.165) is 25.8 Å². The molecule has 1 nitrogen and oxygen atoms in total. The molecule has 1 rings (SSSR count). The van der Waals surface area contributed by atoms with Gasteiger partial charge in [0.1, 0.15) is 0 Å². The molecule has 17 heavy (non-hydrogen) atoms. The largest absolute Gasteiger partial charge is 0.314 e. The van der Waals surface area contributed by atoms with Crippen LogP contribution in [0.4, 0.5) is 0 Å². The smallest absolute Gasteiger partial charge is 0.0117 e. The lowest BCUT2D eigenvalue weighted by atomic mass is 9.98. The Balaban J connectivity index is 2.58. The van der Waals surface area contributed by atoms with Gasteiger partial charge in [-0.25, -0.2) is 0 Å². The van der Waals surface area contributed by atoms with Crippen molar-refractivity contribution in [3.63, 3.8) is 0 Å². The summed E-state index contributed by atoms with van der Waals surface area (Å²) in [4.78, 5) is 0. The van der Waals surface area contributed by atoms with Crippen molar-refractivity contribution in [2.75, 3.05) is 6.54 Å². The third-order valence-corrected chi connectivity index (χ3v) is 3.05. The van der Waals surface area contributed by atoms with Gasteiger partial charge in [0.15, 0.2) is 0 Å². The number of benzene rings is 1. The zero-order valence-electron chi connectivity index (χ0n) is 11.0. The van der Waals surface area contributed by atoms with Crippen LogP contribution in [0.25, 0.3) is 0 Å². The molecule has 92 valence electrons. The number of hydrogen-bond donors (Lipinski definition) is 1. The molecule has 0 heterocycles. The zero-order valence-corrected chi connectivity index (χ0v) is 11.0. The lowest BCUT2D eigenvalue weighted by molar-refractivity contribution is 0.482. The molecule has 1 unspecified atom stereocenters. The van der Waals surface area contributed by atoms with Gasteiger partial charge in [-0.15, -0.1) is 12.3 Å². The molecule has 0 amide bonds. The van der Waals surface area contributed by atoms with E-state index in [1.807, 2.05) is 0 Å². The maximum absolute atomic E-state index is 5.35. The Morgan fingerprint density at radius 2 is 2.12 bits per heavy atom. The van der Waals surface area contributed by atoms with Crippen LogP contribution in [0, 0.1) is 19.3 Å². The van der Waals surface area contributed by atoms with Gasteiger partial charge in [0.05, 0.1) is 0 Å². The van der Waals surface area contributed by atoms with Crippen LogP contribution in [0.15, 0.2) is 24.3 Å². The lowest BCUT2D eigenvalue weighted by Crippen LogP contribution is -2.31. The third-order valence-electron chi connectivity index (χ3n) is 3.05. The predicted molar refractivity (Wildman–Crippen MR) is 75.0 cm³/mol. The van der Waals surface area contributed by atoms with Crippen LogP contribution in [0.1, 0.15) is 37.3 Å². The first-order valence-electron chi connectivity index (χ1n) is 6.49. The molecule has 0 spiro atoms. The van der Waals surface area contributed by atoms with E-state index in [2.05, 4.69) is 49.4 Å². The van der Waals surface area contributed by atoms with Crippen molar-refractivity contribution in [2.45, 2.75) is 45.6 Å². The second-order valence-electron chi connectivity index (χ2n) is 4.52. The summed E-state index contributed by atoms with van der Waals surface area (Å²) < 4.78 is 0. The second kappa shape index (κ2) is 7.92. The molecule has 1 N–H and O–H groups in total. The third kappa shape index (κ3) is 5.06. The maximum Gasteiger partial charge on any atom is 0.0117 e. The summed E-state index contributed by atoms with van der Waals surface area (Å²) >= 11 is 0. The van der Waals surface area contributed by atoms with Gasteiger partial charge in [0.2, 0.25) is 0 Å². The Kier molecular flexibility index (Phi) is 6.43. The van der Waals surface area contributed by atoms with Gasteiger partial charge >= 0.3 is 0 Å². The van der Waals surface area contributed by atoms with Crippen LogP contribution in [0.2, 0.25) is 0 Å². The van der Waals surface area contributed by atoms with Crippen molar-refractivity contribution in [1.29, 1.82) is 0 Å². The molecule has 0 fully saturated rings. The van der Waals surface area contributed by atoms with Gasteiger partial charge in [-0.3, -0.25) is 0 Å². The van der Waals surface area contributed by atoms with Gasteiger partial charge < -0.3 is 5.32 Å². The van der Waals surface area contributed by atoms with Crippen molar-refractivity contribution in [2.24, 2.45) is 0 Å². The number of nitrogens with one attached hydrogen (secondary N) is 1. The van der Waals surface area contributed by atoms with E-state index in [1.54, 1.807) is 0 Å². The summed E-state index contributed by atoms with van der Waals surface area (Å²) in [5.41, 5.74) is 2.80. The van der Waals surface area contributed by atoms with Crippen molar-refractivity contribution in [3.8, 4) is 12.3 Å². The van der Waals surface area contributed by atoms with Crippen molar-refractivity contribution < 1.29 is 0 Å². The molecule has 1 atom stereocenters. The fraction of sp³-hybridized carbons (Fsp3) is 0.500. The van der Waals surface area contributed by atoms with Gasteiger partial charge in [-0.05, 0) is 43.9 Å². The van der Waals surface area contributed by atoms with Crippen molar-refractivity contribution >= 4 is 0 Å². The van der Waals surface area contributed by atoms with E-state index in [-0.39, 0.29) is 0 Å². The molecule has 0 aliphatic carbocycles. The summed E-state index contributed by atoms with van der Waals surface area (Å²) in [6.07, 6.45) is 9.51. The van der Waals surface area contributed by atoms with Crippen LogP contribution in [-0.4, -0.2) is 12.6 Å². The van der Waals surface area contributed by atoms with Crippen LogP contribution >= 0.6 is 0 Å². The average Bonchev–Trinajstić information content (AvgIpc) is 2.35. The molecular weight excluding hydrogens is 206 g/mol. The second-order valence-corrected chi connectivity index (χ2v) is 4.52. The fourth-order valence-electron chi connectivity index (χ4n) is 1.99. The topological polar surface area (TPSA) is 12.0 Å². The molecule has 0 bridgehead atoms.